The molecule has 6 N–H and O–H groups in total. The molecule has 11 nitrogen and oxygen atoms in total. The van der Waals surface area contributed by atoms with Gasteiger partial charge in [0.05, 0.1) is 11.1 Å². The second-order valence-electron chi connectivity index (χ2n) is 10.7. The van der Waals surface area contributed by atoms with E-state index in [1.54, 1.807) is 48.5 Å². The molecule has 2 amide bonds. The van der Waals surface area contributed by atoms with Crippen molar-refractivity contribution in [1.29, 1.82) is 0 Å². The summed E-state index contributed by atoms with van der Waals surface area (Å²) in [4.78, 5) is 27.9. The normalized spacial score (nSPS) is 11.5. The Balaban J connectivity index is 1.47. The number of aromatic nitrogens is 3. The minimum absolute atomic E-state index is 0.0105. The van der Waals surface area contributed by atoms with Crippen LogP contribution >= 0.6 is 0 Å². The van der Waals surface area contributed by atoms with Gasteiger partial charge in [-0.1, -0.05) is 17.3 Å². The second kappa shape index (κ2) is 11.4. The van der Waals surface area contributed by atoms with Crippen LogP contribution in [0.2, 0.25) is 0 Å². The van der Waals surface area contributed by atoms with Gasteiger partial charge in [0, 0.05) is 46.5 Å². The Morgan fingerprint density at radius 3 is 2.33 bits per heavy atom. The third kappa shape index (κ3) is 5.29. The summed E-state index contributed by atoms with van der Waals surface area (Å²) in [6.45, 7) is 1.08. The molecule has 0 atom stereocenters. The van der Waals surface area contributed by atoms with E-state index in [4.69, 9.17) is 21.7 Å². The van der Waals surface area contributed by atoms with E-state index in [2.05, 4.69) is 10.3 Å². The van der Waals surface area contributed by atoms with Crippen LogP contribution in [0.4, 0.5) is 26.0 Å². The number of fused-ring (bicyclic) bond motifs is 2. The van der Waals surface area contributed by atoms with Crippen LogP contribution in [-0.2, 0) is 0 Å². The van der Waals surface area contributed by atoms with Crippen LogP contribution in [0.5, 0.6) is 0 Å². The minimum atomic E-state index is -0.856. The first-order valence-corrected chi connectivity index (χ1v) is 13.8. The molecule has 4 aromatic carbocycles. The van der Waals surface area contributed by atoms with Crippen molar-refractivity contribution >= 4 is 50.9 Å². The zero-order valence-corrected chi connectivity index (χ0v) is 24.3. The average molecular weight is 611 g/mol. The molecule has 0 saturated heterocycles. The molecule has 0 unspecified atom stereocenters. The van der Waals surface area contributed by atoms with E-state index in [1.165, 1.54) is 28.9 Å². The summed E-state index contributed by atoms with van der Waals surface area (Å²) < 4.78 is 38.8. The quantitative estimate of drug-likeness (QED) is 0.214. The van der Waals surface area contributed by atoms with Gasteiger partial charge in [-0.15, -0.1) is 0 Å². The molecular formula is C32H28F2N8O3. The SMILES string of the molecule is CN(C)CCN(c1cccc(C(N)=O)c1)c1ccc(-c2ccc3c(C(N)=O)nn(-c4ccc5onc(N)c5c4)c3c2F)c(F)c1. The first kappa shape index (κ1) is 29.3. The highest BCUT2D eigenvalue weighted by Crippen LogP contribution is 2.36. The topological polar surface area (TPSA) is 163 Å². The summed E-state index contributed by atoms with van der Waals surface area (Å²) in [6.07, 6.45) is 0. The monoisotopic (exact) mass is 610 g/mol. The fourth-order valence-electron chi connectivity index (χ4n) is 5.25. The second-order valence-corrected chi connectivity index (χ2v) is 10.7. The number of nitrogen functional groups attached to an aromatic ring is 1. The van der Waals surface area contributed by atoms with Gasteiger partial charge < -0.3 is 31.5 Å². The summed E-state index contributed by atoms with van der Waals surface area (Å²) in [5.41, 5.74) is 18.9. The highest BCUT2D eigenvalue weighted by molar-refractivity contribution is 6.05. The predicted molar refractivity (Wildman–Crippen MR) is 167 cm³/mol. The van der Waals surface area contributed by atoms with Crippen molar-refractivity contribution in [2.75, 3.05) is 37.8 Å². The van der Waals surface area contributed by atoms with Gasteiger partial charge in [-0.2, -0.15) is 5.10 Å². The van der Waals surface area contributed by atoms with Crippen LogP contribution in [0.1, 0.15) is 20.8 Å². The lowest BCUT2D eigenvalue weighted by molar-refractivity contribution is 0.0990. The van der Waals surface area contributed by atoms with Crippen LogP contribution in [0.15, 0.2) is 77.3 Å². The number of carbonyl (C=O) groups excluding carboxylic acids is 2. The van der Waals surface area contributed by atoms with Gasteiger partial charge >= 0.3 is 0 Å². The Hall–Kier alpha value is -5.82. The standard InChI is InChI=1S/C32H28F2N8O3/c1-40(2)12-13-41(18-5-3-4-17(14-18)31(36)43)19-6-8-21(25(33)16-19)22-9-10-23-28(32(37)44)38-42(29(23)27(22)34)20-7-11-26-24(15-20)30(35)39-45-26/h3-11,14-16H,12-13H2,1-2H3,(H2,35,39)(H2,36,43)(H2,37,44). The van der Waals surface area contributed by atoms with Gasteiger partial charge in [0.15, 0.2) is 22.9 Å². The summed E-state index contributed by atoms with van der Waals surface area (Å²) in [6, 6.07) is 18.8. The number of halogens is 2. The molecule has 45 heavy (non-hydrogen) atoms. The number of likely N-dealkylation sites (N-methyl/N-ethyl adjacent to an activating group) is 1. The van der Waals surface area contributed by atoms with Gasteiger partial charge in [-0.25, -0.2) is 13.5 Å². The lowest BCUT2D eigenvalue weighted by Gasteiger charge is -2.27. The number of amides is 2. The number of nitrogens with zero attached hydrogens (tertiary/aromatic N) is 5. The van der Waals surface area contributed by atoms with Crippen molar-refractivity contribution in [3.05, 3.63) is 95.7 Å². The van der Waals surface area contributed by atoms with Gasteiger partial charge in [0.1, 0.15) is 11.3 Å². The van der Waals surface area contributed by atoms with E-state index in [-0.39, 0.29) is 33.5 Å². The predicted octanol–water partition coefficient (Wildman–Crippen LogP) is 4.59. The van der Waals surface area contributed by atoms with Gasteiger partial charge in [-0.3, -0.25) is 9.59 Å². The van der Waals surface area contributed by atoms with E-state index >= 15 is 8.78 Å². The zero-order valence-electron chi connectivity index (χ0n) is 24.3. The van der Waals surface area contributed by atoms with Crippen molar-refractivity contribution in [2.45, 2.75) is 0 Å². The zero-order chi connectivity index (χ0) is 32.0. The van der Waals surface area contributed by atoms with Crippen LogP contribution in [0.25, 0.3) is 38.7 Å². The lowest BCUT2D eigenvalue weighted by atomic mass is 10.0. The molecule has 228 valence electrons. The van der Waals surface area contributed by atoms with Gasteiger partial charge in [0.25, 0.3) is 5.91 Å². The summed E-state index contributed by atoms with van der Waals surface area (Å²) in [5, 5.41) is 8.65. The maximum absolute atomic E-state index is 16.4. The van der Waals surface area contributed by atoms with E-state index in [1.807, 2.05) is 23.9 Å². The molecule has 6 rings (SSSR count). The average Bonchev–Trinajstić information content (AvgIpc) is 3.59. The van der Waals surface area contributed by atoms with E-state index in [0.717, 1.165) is 0 Å². The molecule has 0 spiro atoms. The first-order valence-electron chi connectivity index (χ1n) is 13.8. The number of benzene rings is 4. The fourth-order valence-corrected chi connectivity index (χ4v) is 5.25. The Morgan fingerprint density at radius 2 is 1.62 bits per heavy atom. The first-order chi connectivity index (χ1) is 21.5. The summed E-state index contributed by atoms with van der Waals surface area (Å²) in [7, 11) is 3.82. The largest absolute Gasteiger partial charge is 0.380 e. The molecular weight excluding hydrogens is 582 g/mol. The number of primary amides is 2. The maximum atomic E-state index is 16.4. The number of nitrogens with two attached hydrogens (primary N) is 3. The number of hydrogen-bond donors (Lipinski definition) is 3. The smallest absolute Gasteiger partial charge is 0.269 e. The highest BCUT2D eigenvalue weighted by Gasteiger charge is 2.24. The van der Waals surface area contributed by atoms with Crippen LogP contribution < -0.4 is 22.1 Å². The Kier molecular flexibility index (Phi) is 7.38. The van der Waals surface area contributed by atoms with Crippen LogP contribution in [0.3, 0.4) is 0 Å². The number of carbonyl (C=O) groups is 2. The third-order valence-electron chi connectivity index (χ3n) is 7.51. The van der Waals surface area contributed by atoms with Crippen molar-refractivity contribution in [3.63, 3.8) is 0 Å². The van der Waals surface area contributed by atoms with Gasteiger partial charge in [0.2, 0.25) is 5.91 Å². The van der Waals surface area contributed by atoms with Crippen molar-refractivity contribution in [1.82, 2.24) is 19.8 Å². The van der Waals surface area contributed by atoms with Crippen molar-refractivity contribution in [2.24, 2.45) is 11.5 Å². The number of anilines is 3. The fraction of sp³-hybridized carbons (Fsp3) is 0.125. The summed E-state index contributed by atoms with van der Waals surface area (Å²) in [5.74, 6) is -2.81. The number of hydrogen-bond acceptors (Lipinski definition) is 8. The molecule has 0 radical (unpaired) electrons. The van der Waals surface area contributed by atoms with E-state index in [9.17, 15) is 9.59 Å². The molecule has 0 fully saturated rings. The summed E-state index contributed by atoms with van der Waals surface area (Å²) >= 11 is 0. The molecule has 0 saturated carbocycles. The minimum Gasteiger partial charge on any atom is -0.380 e. The van der Waals surface area contributed by atoms with Gasteiger partial charge in [-0.05, 0) is 74.8 Å². The molecule has 13 heteroatoms. The lowest BCUT2D eigenvalue weighted by Crippen LogP contribution is -2.28. The maximum Gasteiger partial charge on any atom is 0.269 e. The number of rotatable bonds is 9. The van der Waals surface area contributed by atoms with Crippen LogP contribution in [-0.4, -0.2) is 58.8 Å². The molecule has 2 heterocycles. The van der Waals surface area contributed by atoms with Crippen molar-refractivity contribution < 1.29 is 22.9 Å². The van der Waals surface area contributed by atoms with Crippen LogP contribution in [0, 0.1) is 11.6 Å². The third-order valence-corrected chi connectivity index (χ3v) is 7.51. The molecule has 0 aliphatic heterocycles. The molecule has 0 bridgehead atoms. The van der Waals surface area contributed by atoms with E-state index in [0.29, 0.717) is 46.7 Å². The van der Waals surface area contributed by atoms with E-state index < -0.39 is 23.4 Å². The molecule has 6 aromatic rings. The Bertz CT molecular complexity index is 2120. The Labute approximate surface area is 255 Å². The molecule has 0 aliphatic rings. The molecule has 0 aliphatic carbocycles. The van der Waals surface area contributed by atoms with Crippen molar-refractivity contribution in [3.8, 4) is 16.8 Å². The molecule has 2 aromatic heterocycles. The highest BCUT2D eigenvalue weighted by atomic mass is 19.1. The Morgan fingerprint density at radius 1 is 0.867 bits per heavy atom.